The first-order chi connectivity index (χ1) is 12.2. The van der Waals surface area contributed by atoms with Crippen molar-refractivity contribution in [3.63, 3.8) is 0 Å². The lowest BCUT2D eigenvalue weighted by Gasteiger charge is -2.21. The van der Waals surface area contributed by atoms with Gasteiger partial charge in [0.25, 0.3) is 0 Å². The molecule has 0 spiro atoms. The summed E-state index contributed by atoms with van der Waals surface area (Å²) in [6.07, 6.45) is 2.29. The number of carbonyl (C=O) groups excluding carboxylic acids is 1. The molecule has 3 rings (SSSR count). The Morgan fingerprint density at radius 3 is 2.40 bits per heavy atom. The molecule has 1 aliphatic rings. The molecule has 25 heavy (non-hydrogen) atoms. The smallest absolute Gasteiger partial charge is 0.306 e. The van der Waals surface area contributed by atoms with E-state index in [1.54, 1.807) is 0 Å². The fourth-order valence-corrected chi connectivity index (χ4v) is 3.48. The Morgan fingerprint density at radius 1 is 1.08 bits per heavy atom. The first kappa shape index (κ1) is 17.7. The van der Waals surface area contributed by atoms with Crippen molar-refractivity contribution in [1.29, 1.82) is 0 Å². The maximum atomic E-state index is 12.1. The van der Waals surface area contributed by atoms with E-state index in [0.29, 0.717) is 12.3 Å². The quantitative estimate of drug-likeness (QED) is 0.713. The van der Waals surface area contributed by atoms with Gasteiger partial charge in [-0.3, -0.25) is 9.69 Å². The zero-order valence-corrected chi connectivity index (χ0v) is 14.9. The third-order valence-corrected chi connectivity index (χ3v) is 5.00. The standard InChI is InChI=1S/C22H27NO2/c1-18(25-22(24)13-12-19-8-4-2-5-9-19)21-14-15-23(17-21)16-20-10-6-3-7-11-20/h2-11,18,21H,12-17H2,1H3/t18-,21-/m0/s1. The zero-order chi connectivity index (χ0) is 17.5. The molecule has 2 atom stereocenters. The Balaban J connectivity index is 1.41. The van der Waals surface area contributed by atoms with E-state index in [1.165, 1.54) is 11.1 Å². The van der Waals surface area contributed by atoms with Gasteiger partial charge in [0, 0.05) is 25.4 Å². The summed E-state index contributed by atoms with van der Waals surface area (Å²) in [7, 11) is 0. The molecule has 2 aromatic carbocycles. The van der Waals surface area contributed by atoms with Crippen molar-refractivity contribution < 1.29 is 9.53 Å². The Labute approximate surface area is 150 Å². The number of aryl methyl sites for hydroxylation is 1. The Hall–Kier alpha value is -2.13. The van der Waals surface area contributed by atoms with Gasteiger partial charge < -0.3 is 4.74 Å². The van der Waals surface area contributed by atoms with Gasteiger partial charge in [0.2, 0.25) is 0 Å². The monoisotopic (exact) mass is 337 g/mol. The normalized spacial score (nSPS) is 18.8. The van der Waals surface area contributed by atoms with Gasteiger partial charge in [0.05, 0.1) is 0 Å². The molecule has 132 valence electrons. The highest BCUT2D eigenvalue weighted by Gasteiger charge is 2.29. The second-order valence-electron chi connectivity index (χ2n) is 6.95. The van der Waals surface area contributed by atoms with E-state index < -0.39 is 0 Å². The molecule has 0 N–H and O–H groups in total. The molecule has 2 aromatic rings. The van der Waals surface area contributed by atoms with Gasteiger partial charge in [-0.25, -0.2) is 0 Å². The fraction of sp³-hybridized carbons (Fsp3) is 0.409. The van der Waals surface area contributed by atoms with Gasteiger partial charge in [-0.2, -0.15) is 0 Å². The topological polar surface area (TPSA) is 29.5 Å². The molecule has 1 fully saturated rings. The summed E-state index contributed by atoms with van der Waals surface area (Å²) in [6, 6.07) is 20.6. The van der Waals surface area contributed by atoms with Crippen molar-refractivity contribution in [2.75, 3.05) is 13.1 Å². The fourth-order valence-electron chi connectivity index (χ4n) is 3.48. The van der Waals surface area contributed by atoms with E-state index in [9.17, 15) is 4.79 Å². The van der Waals surface area contributed by atoms with Crippen LogP contribution in [-0.4, -0.2) is 30.1 Å². The van der Waals surface area contributed by atoms with Gasteiger partial charge in [-0.1, -0.05) is 60.7 Å². The number of hydrogen-bond acceptors (Lipinski definition) is 3. The summed E-state index contributed by atoms with van der Waals surface area (Å²) >= 11 is 0. The van der Waals surface area contributed by atoms with Gasteiger partial charge in [-0.05, 0) is 37.4 Å². The largest absolute Gasteiger partial charge is 0.462 e. The third-order valence-electron chi connectivity index (χ3n) is 5.00. The van der Waals surface area contributed by atoms with Gasteiger partial charge >= 0.3 is 5.97 Å². The second kappa shape index (κ2) is 8.82. The first-order valence-corrected chi connectivity index (χ1v) is 9.20. The van der Waals surface area contributed by atoms with Crippen molar-refractivity contribution in [2.45, 2.75) is 38.8 Å². The van der Waals surface area contributed by atoms with Crippen LogP contribution in [0.2, 0.25) is 0 Å². The lowest BCUT2D eigenvalue weighted by Crippen LogP contribution is -2.27. The minimum atomic E-state index is -0.0853. The lowest BCUT2D eigenvalue weighted by atomic mass is 10.0. The Kier molecular flexibility index (Phi) is 6.24. The van der Waals surface area contributed by atoms with Crippen LogP contribution in [-0.2, 0) is 22.5 Å². The van der Waals surface area contributed by atoms with Crippen molar-refractivity contribution in [3.05, 3.63) is 71.8 Å². The van der Waals surface area contributed by atoms with Crippen LogP contribution in [0, 0.1) is 5.92 Å². The van der Waals surface area contributed by atoms with Crippen LogP contribution >= 0.6 is 0 Å². The molecular formula is C22H27NO2. The summed E-state index contributed by atoms with van der Waals surface area (Å²) in [5.41, 5.74) is 2.53. The highest BCUT2D eigenvalue weighted by Crippen LogP contribution is 2.23. The van der Waals surface area contributed by atoms with Gasteiger partial charge in [0.1, 0.15) is 6.10 Å². The molecule has 3 heteroatoms. The summed E-state index contributed by atoms with van der Waals surface area (Å²) in [4.78, 5) is 14.6. The molecule has 1 saturated heterocycles. The maximum Gasteiger partial charge on any atom is 0.306 e. The summed E-state index contributed by atoms with van der Waals surface area (Å²) in [5, 5.41) is 0. The first-order valence-electron chi connectivity index (χ1n) is 9.20. The average molecular weight is 337 g/mol. The summed E-state index contributed by atoms with van der Waals surface area (Å²) < 4.78 is 5.69. The minimum absolute atomic E-state index is 0.0101. The molecule has 0 radical (unpaired) electrons. The van der Waals surface area contributed by atoms with Crippen LogP contribution in [0.5, 0.6) is 0 Å². The van der Waals surface area contributed by atoms with E-state index in [2.05, 4.69) is 41.3 Å². The SMILES string of the molecule is C[C@H](OC(=O)CCc1ccccc1)[C@H]1CCN(Cc2ccccc2)C1. The Morgan fingerprint density at radius 2 is 1.72 bits per heavy atom. The molecule has 0 amide bonds. The van der Waals surface area contributed by atoms with Crippen LogP contribution in [0.4, 0.5) is 0 Å². The summed E-state index contributed by atoms with van der Waals surface area (Å²) in [6.45, 7) is 5.09. The molecule has 1 heterocycles. The number of ether oxygens (including phenoxy) is 1. The number of benzene rings is 2. The van der Waals surface area contributed by atoms with Crippen molar-refractivity contribution >= 4 is 5.97 Å². The molecule has 0 saturated carbocycles. The number of likely N-dealkylation sites (tertiary alicyclic amines) is 1. The molecule has 3 nitrogen and oxygen atoms in total. The van der Waals surface area contributed by atoms with Crippen LogP contribution in [0.3, 0.4) is 0 Å². The predicted octanol–water partition coefficient (Wildman–Crippen LogP) is 4.07. The number of rotatable bonds is 7. The molecule has 0 unspecified atom stereocenters. The average Bonchev–Trinajstić information content (AvgIpc) is 3.10. The van der Waals surface area contributed by atoms with E-state index in [4.69, 9.17) is 4.74 Å². The van der Waals surface area contributed by atoms with Crippen LogP contribution in [0.1, 0.15) is 30.9 Å². The highest BCUT2D eigenvalue weighted by atomic mass is 16.5. The van der Waals surface area contributed by atoms with Crippen molar-refractivity contribution in [1.82, 2.24) is 4.90 Å². The zero-order valence-electron chi connectivity index (χ0n) is 14.9. The van der Waals surface area contributed by atoms with E-state index in [1.807, 2.05) is 31.2 Å². The maximum absolute atomic E-state index is 12.1. The lowest BCUT2D eigenvalue weighted by molar-refractivity contribution is -0.150. The number of hydrogen-bond donors (Lipinski definition) is 0. The highest BCUT2D eigenvalue weighted by molar-refractivity contribution is 5.69. The molecule has 0 aliphatic carbocycles. The molecule has 0 bridgehead atoms. The minimum Gasteiger partial charge on any atom is -0.462 e. The van der Waals surface area contributed by atoms with E-state index >= 15 is 0 Å². The van der Waals surface area contributed by atoms with E-state index in [0.717, 1.165) is 32.5 Å². The second-order valence-corrected chi connectivity index (χ2v) is 6.95. The van der Waals surface area contributed by atoms with Crippen LogP contribution < -0.4 is 0 Å². The number of nitrogens with zero attached hydrogens (tertiary/aromatic N) is 1. The predicted molar refractivity (Wildman–Crippen MR) is 100 cm³/mol. The van der Waals surface area contributed by atoms with Crippen LogP contribution in [0.25, 0.3) is 0 Å². The Bertz CT molecular complexity index is 656. The third kappa shape index (κ3) is 5.43. The summed E-state index contributed by atoms with van der Waals surface area (Å²) in [5.74, 6) is 0.349. The van der Waals surface area contributed by atoms with E-state index in [-0.39, 0.29) is 12.1 Å². The van der Waals surface area contributed by atoms with Crippen molar-refractivity contribution in [2.24, 2.45) is 5.92 Å². The number of esters is 1. The molecular weight excluding hydrogens is 310 g/mol. The van der Waals surface area contributed by atoms with Crippen molar-refractivity contribution in [3.8, 4) is 0 Å². The molecule has 0 aromatic heterocycles. The van der Waals surface area contributed by atoms with Crippen LogP contribution in [0.15, 0.2) is 60.7 Å². The van der Waals surface area contributed by atoms with Gasteiger partial charge in [0.15, 0.2) is 0 Å². The number of carbonyl (C=O) groups is 1. The van der Waals surface area contributed by atoms with Gasteiger partial charge in [-0.15, -0.1) is 0 Å². The molecule has 1 aliphatic heterocycles.